The zero-order valence-electron chi connectivity index (χ0n) is 11.9. The van der Waals surface area contributed by atoms with Crippen molar-refractivity contribution in [3.8, 4) is 0 Å². The van der Waals surface area contributed by atoms with Crippen molar-refractivity contribution >= 4 is 21.4 Å². The van der Waals surface area contributed by atoms with Gasteiger partial charge in [0.15, 0.2) is 0 Å². The Balaban J connectivity index is 1.41. The number of hydrogen-bond donors (Lipinski definition) is 0. The lowest BCUT2D eigenvalue weighted by Gasteiger charge is -2.36. The molecule has 0 radical (unpaired) electrons. The van der Waals surface area contributed by atoms with E-state index in [9.17, 15) is 0 Å². The molecule has 0 amide bonds. The Morgan fingerprint density at radius 3 is 2.70 bits per heavy atom. The van der Waals surface area contributed by atoms with Crippen LogP contribution in [0.3, 0.4) is 0 Å². The van der Waals surface area contributed by atoms with Crippen molar-refractivity contribution in [1.29, 1.82) is 0 Å². The summed E-state index contributed by atoms with van der Waals surface area (Å²) >= 11 is 1.87. The molecule has 2 aromatic rings. The number of nitrogens with zero attached hydrogens (tertiary/aromatic N) is 1. The van der Waals surface area contributed by atoms with E-state index in [2.05, 4.69) is 42.3 Å². The molecule has 2 unspecified atom stereocenters. The van der Waals surface area contributed by atoms with E-state index in [0.29, 0.717) is 6.10 Å². The third-order valence-corrected chi connectivity index (χ3v) is 6.08. The average molecular weight is 287 g/mol. The Morgan fingerprint density at radius 1 is 1.20 bits per heavy atom. The standard InChI is InChI=1S/C17H21NOS/c1-18-13-6-7-14(18)10-15(9-13)19-11-16-8-12-4-2-3-5-17(12)20-16/h2-5,8,13-15H,6-7,9-11H2,1H3. The summed E-state index contributed by atoms with van der Waals surface area (Å²) in [7, 11) is 2.28. The van der Waals surface area contributed by atoms with Gasteiger partial charge >= 0.3 is 0 Å². The number of thiophene rings is 1. The Morgan fingerprint density at radius 2 is 1.95 bits per heavy atom. The molecule has 2 fully saturated rings. The zero-order chi connectivity index (χ0) is 13.5. The number of piperidine rings is 1. The fourth-order valence-electron chi connectivity index (χ4n) is 3.81. The van der Waals surface area contributed by atoms with Crippen LogP contribution in [0.4, 0.5) is 0 Å². The molecule has 2 nitrogen and oxygen atoms in total. The highest BCUT2D eigenvalue weighted by molar-refractivity contribution is 7.19. The molecule has 2 aliphatic heterocycles. The summed E-state index contributed by atoms with van der Waals surface area (Å²) in [6.45, 7) is 0.785. The summed E-state index contributed by atoms with van der Waals surface area (Å²) in [4.78, 5) is 3.93. The van der Waals surface area contributed by atoms with E-state index in [1.807, 2.05) is 11.3 Å². The molecule has 0 aliphatic carbocycles. The molecule has 1 aromatic carbocycles. The summed E-state index contributed by atoms with van der Waals surface area (Å²) in [5, 5.41) is 1.35. The predicted octanol–water partition coefficient (Wildman–Crippen LogP) is 4.04. The average Bonchev–Trinajstić information content (AvgIpc) is 2.94. The second kappa shape index (κ2) is 5.14. The van der Waals surface area contributed by atoms with Crippen LogP contribution in [0.1, 0.15) is 30.6 Å². The summed E-state index contributed by atoms with van der Waals surface area (Å²) in [5.41, 5.74) is 0. The molecule has 0 saturated carbocycles. The Bertz CT molecular complexity index is 561. The van der Waals surface area contributed by atoms with E-state index in [1.54, 1.807) is 0 Å². The van der Waals surface area contributed by atoms with E-state index in [1.165, 1.54) is 40.6 Å². The summed E-state index contributed by atoms with van der Waals surface area (Å²) in [6.07, 6.45) is 5.64. The second-order valence-corrected chi connectivity index (χ2v) is 7.37. The van der Waals surface area contributed by atoms with Crippen LogP contribution in [-0.2, 0) is 11.3 Å². The van der Waals surface area contributed by atoms with Gasteiger partial charge in [-0.3, -0.25) is 0 Å². The van der Waals surface area contributed by atoms with Crippen molar-refractivity contribution < 1.29 is 4.74 Å². The maximum atomic E-state index is 6.21. The van der Waals surface area contributed by atoms with Crippen LogP contribution in [0.5, 0.6) is 0 Å². The van der Waals surface area contributed by atoms with Crippen LogP contribution in [-0.4, -0.2) is 30.1 Å². The third-order valence-electron chi connectivity index (χ3n) is 4.99. The van der Waals surface area contributed by atoms with Crippen molar-refractivity contribution in [2.24, 2.45) is 0 Å². The smallest absolute Gasteiger partial charge is 0.0813 e. The topological polar surface area (TPSA) is 12.5 Å². The molecule has 3 heteroatoms. The van der Waals surface area contributed by atoms with Crippen molar-refractivity contribution in [3.05, 3.63) is 35.2 Å². The van der Waals surface area contributed by atoms with Crippen LogP contribution >= 0.6 is 11.3 Å². The van der Waals surface area contributed by atoms with Gasteiger partial charge in [0.2, 0.25) is 0 Å². The van der Waals surface area contributed by atoms with Crippen molar-refractivity contribution in [2.45, 2.75) is 50.5 Å². The first-order valence-electron chi connectivity index (χ1n) is 7.60. The monoisotopic (exact) mass is 287 g/mol. The van der Waals surface area contributed by atoms with Gasteiger partial charge in [-0.25, -0.2) is 0 Å². The molecule has 2 saturated heterocycles. The minimum absolute atomic E-state index is 0.467. The van der Waals surface area contributed by atoms with Crippen molar-refractivity contribution in [3.63, 3.8) is 0 Å². The molecule has 0 spiro atoms. The quantitative estimate of drug-likeness (QED) is 0.844. The zero-order valence-corrected chi connectivity index (χ0v) is 12.7. The van der Waals surface area contributed by atoms with Gasteiger partial charge in [-0.2, -0.15) is 0 Å². The van der Waals surface area contributed by atoms with Gasteiger partial charge in [0, 0.05) is 21.7 Å². The summed E-state index contributed by atoms with van der Waals surface area (Å²) < 4.78 is 7.58. The van der Waals surface area contributed by atoms with Crippen LogP contribution < -0.4 is 0 Å². The molecule has 20 heavy (non-hydrogen) atoms. The first-order valence-corrected chi connectivity index (χ1v) is 8.42. The van der Waals surface area contributed by atoms with Gasteiger partial charge in [-0.15, -0.1) is 11.3 Å². The van der Waals surface area contributed by atoms with Crippen LogP contribution in [0.2, 0.25) is 0 Å². The minimum atomic E-state index is 0.467. The largest absolute Gasteiger partial charge is 0.373 e. The molecule has 2 atom stereocenters. The Kier molecular flexibility index (Phi) is 3.29. The first-order chi connectivity index (χ1) is 9.79. The molecule has 0 N–H and O–H groups in total. The maximum Gasteiger partial charge on any atom is 0.0813 e. The van der Waals surface area contributed by atoms with E-state index in [-0.39, 0.29) is 0 Å². The molecule has 3 heterocycles. The lowest BCUT2D eigenvalue weighted by molar-refractivity contribution is -0.0201. The highest BCUT2D eigenvalue weighted by atomic mass is 32.1. The molecule has 4 rings (SSSR count). The SMILES string of the molecule is CN1C2CCC1CC(OCc1cc3ccccc3s1)C2. The van der Waals surface area contributed by atoms with E-state index in [0.717, 1.165) is 18.7 Å². The van der Waals surface area contributed by atoms with Gasteiger partial charge in [-0.05, 0) is 50.2 Å². The van der Waals surface area contributed by atoms with E-state index >= 15 is 0 Å². The van der Waals surface area contributed by atoms with Gasteiger partial charge in [0.25, 0.3) is 0 Å². The lowest BCUT2D eigenvalue weighted by Crippen LogP contribution is -2.42. The second-order valence-electron chi connectivity index (χ2n) is 6.21. The van der Waals surface area contributed by atoms with Crippen LogP contribution in [0.25, 0.3) is 10.1 Å². The maximum absolute atomic E-state index is 6.21. The van der Waals surface area contributed by atoms with E-state index in [4.69, 9.17) is 4.74 Å². The number of benzene rings is 1. The van der Waals surface area contributed by atoms with Gasteiger partial charge in [0.1, 0.15) is 0 Å². The molecule has 2 aliphatic rings. The van der Waals surface area contributed by atoms with Gasteiger partial charge in [-0.1, -0.05) is 18.2 Å². The first kappa shape index (κ1) is 12.8. The molecule has 106 valence electrons. The Labute approximate surface area is 124 Å². The van der Waals surface area contributed by atoms with Crippen LogP contribution in [0, 0.1) is 0 Å². The number of fused-ring (bicyclic) bond motifs is 3. The normalized spacial score (nSPS) is 30.1. The fraction of sp³-hybridized carbons (Fsp3) is 0.529. The molecule has 1 aromatic heterocycles. The molecule has 2 bridgehead atoms. The predicted molar refractivity (Wildman–Crippen MR) is 84.2 cm³/mol. The highest BCUT2D eigenvalue weighted by Crippen LogP contribution is 2.36. The molecular formula is C17H21NOS. The molecular weight excluding hydrogens is 266 g/mol. The number of ether oxygens (including phenoxy) is 1. The highest BCUT2D eigenvalue weighted by Gasteiger charge is 2.38. The summed E-state index contributed by atoms with van der Waals surface area (Å²) in [5.74, 6) is 0. The lowest BCUT2D eigenvalue weighted by atomic mass is 10.0. The van der Waals surface area contributed by atoms with E-state index < -0.39 is 0 Å². The number of hydrogen-bond acceptors (Lipinski definition) is 3. The van der Waals surface area contributed by atoms with Crippen molar-refractivity contribution in [1.82, 2.24) is 4.90 Å². The minimum Gasteiger partial charge on any atom is -0.373 e. The third kappa shape index (κ3) is 2.28. The Hall–Kier alpha value is -0.900. The van der Waals surface area contributed by atoms with Gasteiger partial charge in [0.05, 0.1) is 12.7 Å². The number of rotatable bonds is 3. The van der Waals surface area contributed by atoms with Crippen LogP contribution in [0.15, 0.2) is 30.3 Å². The van der Waals surface area contributed by atoms with Crippen molar-refractivity contribution in [2.75, 3.05) is 7.05 Å². The van der Waals surface area contributed by atoms with Gasteiger partial charge < -0.3 is 9.64 Å². The summed E-state index contributed by atoms with van der Waals surface area (Å²) in [6, 6.07) is 12.4. The fourth-order valence-corrected chi connectivity index (χ4v) is 4.79.